The van der Waals surface area contributed by atoms with Crippen molar-refractivity contribution in [3.8, 4) is 0 Å². The number of carbonyl (C=O) groups excluding carboxylic acids is 2. The Bertz CT molecular complexity index is 1180. The first kappa shape index (κ1) is 20.8. The summed E-state index contributed by atoms with van der Waals surface area (Å²) in [6, 6.07) is 7.79. The molecule has 0 unspecified atom stereocenters. The molecule has 1 aromatic carbocycles. The van der Waals surface area contributed by atoms with E-state index in [9.17, 15) is 9.59 Å². The second-order valence-electron chi connectivity index (χ2n) is 9.21. The first-order chi connectivity index (χ1) is 15.4. The lowest BCUT2D eigenvalue weighted by Gasteiger charge is -2.44. The van der Waals surface area contributed by atoms with E-state index in [0.717, 1.165) is 40.6 Å². The van der Waals surface area contributed by atoms with E-state index in [1.54, 1.807) is 0 Å². The van der Waals surface area contributed by atoms with Crippen LogP contribution < -0.4 is 5.32 Å². The number of benzene rings is 1. The zero-order valence-electron chi connectivity index (χ0n) is 18.8. The Morgan fingerprint density at radius 3 is 2.75 bits per heavy atom. The number of H-pyrrole nitrogens is 1. The summed E-state index contributed by atoms with van der Waals surface area (Å²) in [5.41, 5.74) is 3.79. The van der Waals surface area contributed by atoms with Crippen LogP contribution in [0.15, 0.2) is 30.5 Å². The van der Waals surface area contributed by atoms with E-state index in [-0.39, 0.29) is 23.5 Å². The lowest BCUT2D eigenvalue weighted by Crippen LogP contribution is -2.50. The van der Waals surface area contributed by atoms with E-state index in [2.05, 4.69) is 15.4 Å². The molecule has 2 amide bonds. The molecule has 0 bridgehead atoms. The standard InChI is InChI=1S/C24H29N5O3/c1-15(2)26-22(30)21-18-14-32-24(13-20(18)28(3)27-21)8-11-29(12-9-24)23(31)17-5-4-6-19-16(17)7-10-25-19/h4-7,10,15,25H,8-9,11-14H2,1-3H3,(H,26,30). The van der Waals surface area contributed by atoms with E-state index in [0.29, 0.717) is 31.8 Å². The molecule has 2 aromatic heterocycles. The van der Waals surface area contributed by atoms with Crippen LogP contribution in [0.3, 0.4) is 0 Å². The van der Waals surface area contributed by atoms with Crippen molar-refractivity contribution in [1.29, 1.82) is 0 Å². The number of nitrogens with one attached hydrogen (secondary N) is 2. The van der Waals surface area contributed by atoms with Crippen molar-refractivity contribution < 1.29 is 14.3 Å². The fourth-order valence-electron chi connectivity index (χ4n) is 4.95. The van der Waals surface area contributed by atoms with E-state index in [4.69, 9.17) is 4.74 Å². The van der Waals surface area contributed by atoms with E-state index >= 15 is 0 Å². The quantitative estimate of drug-likeness (QED) is 0.662. The number of hydrogen-bond acceptors (Lipinski definition) is 4. The number of aryl methyl sites for hydroxylation is 1. The molecule has 1 fully saturated rings. The molecule has 2 N–H and O–H groups in total. The second kappa shape index (κ2) is 7.78. The Hall–Kier alpha value is -3.13. The lowest BCUT2D eigenvalue weighted by atomic mass is 9.83. The van der Waals surface area contributed by atoms with Gasteiger partial charge in [-0.25, -0.2) is 0 Å². The van der Waals surface area contributed by atoms with Gasteiger partial charge in [0, 0.05) is 66.5 Å². The maximum Gasteiger partial charge on any atom is 0.272 e. The zero-order valence-corrected chi connectivity index (χ0v) is 18.8. The number of amides is 2. The molecule has 0 atom stereocenters. The summed E-state index contributed by atoms with van der Waals surface area (Å²) in [6.07, 6.45) is 4.10. The van der Waals surface area contributed by atoms with Crippen molar-refractivity contribution in [2.24, 2.45) is 7.05 Å². The van der Waals surface area contributed by atoms with Crippen LogP contribution >= 0.6 is 0 Å². The van der Waals surface area contributed by atoms with E-state index in [1.807, 2.05) is 60.9 Å². The van der Waals surface area contributed by atoms with Crippen molar-refractivity contribution in [2.45, 2.75) is 51.4 Å². The zero-order chi connectivity index (χ0) is 22.5. The Morgan fingerprint density at radius 1 is 1.22 bits per heavy atom. The van der Waals surface area contributed by atoms with Crippen LogP contribution in [0.5, 0.6) is 0 Å². The largest absolute Gasteiger partial charge is 0.370 e. The van der Waals surface area contributed by atoms with Gasteiger partial charge < -0.3 is 19.9 Å². The summed E-state index contributed by atoms with van der Waals surface area (Å²) in [7, 11) is 1.89. The highest BCUT2D eigenvalue weighted by Crippen LogP contribution is 2.37. The van der Waals surface area contributed by atoms with Crippen LogP contribution in [0.1, 0.15) is 58.8 Å². The van der Waals surface area contributed by atoms with E-state index in [1.165, 1.54) is 0 Å². The topological polar surface area (TPSA) is 92.2 Å². The average Bonchev–Trinajstić information content (AvgIpc) is 3.38. The molecule has 168 valence electrons. The Kier molecular flexibility index (Phi) is 5.04. The number of nitrogens with zero attached hydrogens (tertiary/aromatic N) is 3. The molecule has 0 aliphatic carbocycles. The summed E-state index contributed by atoms with van der Waals surface area (Å²) in [4.78, 5) is 30.9. The summed E-state index contributed by atoms with van der Waals surface area (Å²) >= 11 is 0. The highest BCUT2D eigenvalue weighted by atomic mass is 16.5. The van der Waals surface area contributed by atoms with Crippen molar-refractivity contribution in [2.75, 3.05) is 13.1 Å². The molecular formula is C24H29N5O3. The van der Waals surface area contributed by atoms with Crippen LogP contribution in [-0.2, 0) is 24.8 Å². The highest BCUT2D eigenvalue weighted by Gasteiger charge is 2.42. The predicted molar refractivity (Wildman–Crippen MR) is 120 cm³/mol. The molecule has 8 nitrogen and oxygen atoms in total. The van der Waals surface area contributed by atoms with Crippen molar-refractivity contribution in [3.05, 3.63) is 53.0 Å². The smallest absolute Gasteiger partial charge is 0.272 e. The van der Waals surface area contributed by atoms with Crippen molar-refractivity contribution in [1.82, 2.24) is 25.0 Å². The van der Waals surface area contributed by atoms with Gasteiger partial charge in [-0.1, -0.05) is 6.07 Å². The minimum Gasteiger partial charge on any atom is -0.370 e. The van der Waals surface area contributed by atoms with Crippen LogP contribution in [-0.4, -0.2) is 56.2 Å². The van der Waals surface area contributed by atoms with Gasteiger partial charge in [0.15, 0.2) is 5.69 Å². The highest BCUT2D eigenvalue weighted by molar-refractivity contribution is 6.06. The third kappa shape index (κ3) is 3.48. The van der Waals surface area contributed by atoms with E-state index < -0.39 is 0 Å². The number of carbonyl (C=O) groups is 2. The number of rotatable bonds is 3. The number of piperidine rings is 1. The van der Waals surface area contributed by atoms with Crippen LogP contribution in [0.2, 0.25) is 0 Å². The van der Waals surface area contributed by atoms with Crippen LogP contribution in [0, 0.1) is 0 Å². The fraction of sp³-hybridized carbons (Fsp3) is 0.458. The number of aromatic amines is 1. The maximum absolute atomic E-state index is 13.2. The van der Waals surface area contributed by atoms with Crippen LogP contribution in [0.4, 0.5) is 0 Å². The fourth-order valence-corrected chi connectivity index (χ4v) is 4.95. The van der Waals surface area contributed by atoms with Gasteiger partial charge in [-0.15, -0.1) is 0 Å². The average molecular weight is 436 g/mol. The molecular weight excluding hydrogens is 406 g/mol. The van der Waals surface area contributed by atoms with Gasteiger partial charge in [0.2, 0.25) is 0 Å². The normalized spacial score (nSPS) is 17.7. The van der Waals surface area contributed by atoms with Gasteiger partial charge in [-0.3, -0.25) is 14.3 Å². The van der Waals surface area contributed by atoms with Crippen molar-refractivity contribution in [3.63, 3.8) is 0 Å². The van der Waals surface area contributed by atoms with Gasteiger partial charge in [0.05, 0.1) is 12.2 Å². The Morgan fingerprint density at radius 2 is 2.00 bits per heavy atom. The first-order valence-electron chi connectivity index (χ1n) is 11.2. The molecule has 1 saturated heterocycles. The van der Waals surface area contributed by atoms with Gasteiger partial charge in [-0.05, 0) is 44.9 Å². The summed E-state index contributed by atoms with van der Waals surface area (Å²) in [6.45, 7) is 5.54. The molecule has 2 aliphatic heterocycles. The number of likely N-dealkylation sites (tertiary alicyclic amines) is 1. The minimum absolute atomic E-state index is 0.0509. The SMILES string of the molecule is CC(C)NC(=O)c1nn(C)c2c1COC1(CCN(C(=O)c3cccc4[nH]ccc34)CC1)C2. The number of hydrogen-bond donors (Lipinski definition) is 2. The maximum atomic E-state index is 13.2. The first-order valence-corrected chi connectivity index (χ1v) is 11.2. The molecule has 0 radical (unpaired) electrons. The molecule has 5 rings (SSSR count). The monoisotopic (exact) mass is 435 g/mol. The summed E-state index contributed by atoms with van der Waals surface area (Å²) in [5, 5.41) is 8.37. The van der Waals surface area contributed by atoms with Crippen molar-refractivity contribution >= 4 is 22.7 Å². The van der Waals surface area contributed by atoms with Gasteiger partial charge >= 0.3 is 0 Å². The van der Waals surface area contributed by atoms with Crippen LogP contribution in [0.25, 0.3) is 10.9 Å². The summed E-state index contributed by atoms with van der Waals surface area (Å²) in [5.74, 6) is -0.0922. The third-order valence-corrected chi connectivity index (χ3v) is 6.71. The van der Waals surface area contributed by atoms with Gasteiger partial charge in [-0.2, -0.15) is 5.10 Å². The molecule has 3 aromatic rings. The van der Waals surface area contributed by atoms with Gasteiger partial charge in [0.25, 0.3) is 11.8 Å². The summed E-state index contributed by atoms with van der Waals surface area (Å²) < 4.78 is 8.18. The number of ether oxygens (including phenoxy) is 1. The molecule has 2 aliphatic rings. The predicted octanol–water partition coefficient (Wildman–Crippen LogP) is 2.79. The van der Waals surface area contributed by atoms with Gasteiger partial charge in [0.1, 0.15) is 0 Å². The molecule has 0 saturated carbocycles. The molecule has 4 heterocycles. The number of aromatic nitrogens is 3. The second-order valence-corrected chi connectivity index (χ2v) is 9.21. The molecule has 1 spiro atoms. The lowest BCUT2D eigenvalue weighted by molar-refractivity contribution is -0.0990. The minimum atomic E-state index is -0.316. The molecule has 8 heteroatoms. The number of fused-ring (bicyclic) bond motifs is 2. The molecule has 32 heavy (non-hydrogen) atoms. The Labute approximate surface area is 186 Å². The third-order valence-electron chi connectivity index (χ3n) is 6.71. The Balaban J connectivity index is 1.31.